The first-order chi connectivity index (χ1) is 9.74. The number of allylic oxidation sites excluding steroid dienone is 2. The summed E-state index contributed by atoms with van der Waals surface area (Å²) in [7, 11) is 2.06. The Morgan fingerprint density at radius 2 is 2.00 bits per heavy atom. The van der Waals surface area contributed by atoms with Crippen LogP contribution < -0.4 is 0 Å². The van der Waals surface area contributed by atoms with E-state index in [0.29, 0.717) is 0 Å². The van der Waals surface area contributed by atoms with Gasteiger partial charge in [-0.2, -0.15) is 5.26 Å². The van der Waals surface area contributed by atoms with Gasteiger partial charge in [-0.25, -0.2) is 0 Å². The fourth-order valence-electron chi connectivity index (χ4n) is 2.79. The van der Waals surface area contributed by atoms with Crippen LogP contribution in [-0.2, 0) is 7.05 Å². The molecule has 0 amide bonds. The van der Waals surface area contributed by atoms with Crippen LogP contribution in [0.3, 0.4) is 0 Å². The minimum Gasteiger partial charge on any atom is -0.343 e. The summed E-state index contributed by atoms with van der Waals surface area (Å²) in [5.74, 6) is 0. The SMILES string of the molecule is CCC/C=C(/CCC)c1c(C#N)c2ccccc2n1C. The summed E-state index contributed by atoms with van der Waals surface area (Å²) < 4.78 is 2.17. The van der Waals surface area contributed by atoms with E-state index in [4.69, 9.17) is 0 Å². The number of aryl methyl sites for hydroxylation is 1. The molecule has 1 aromatic carbocycles. The third kappa shape index (κ3) is 2.49. The van der Waals surface area contributed by atoms with E-state index in [9.17, 15) is 5.26 Å². The van der Waals surface area contributed by atoms with E-state index in [1.54, 1.807) is 0 Å². The second-order valence-electron chi connectivity index (χ2n) is 5.18. The summed E-state index contributed by atoms with van der Waals surface area (Å²) in [5.41, 5.74) is 4.37. The minimum atomic E-state index is 0.818. The number of benzene rings is 1. The Morgan fingerprint density at radius 3 is 2.65 bits per heavy atom. The molecule has 0 atom stereocenters. The van der Waals surface area contributed by atoms with Gasteiger partial charge in [0.1, 0.15) is 6.07 Å². The molecule has 0 fully saturated rings. The maximum absolute atomic E-state index is 9.58. The van der Waals surface area contributed by atoms with Gasteiger partial charge in [-0.3, -0.25) is 0 Å². The number of para-hydroxylation sites is 1. The smallest absolute Gasteiger partial charge is 0.102 e. The number of aromatic nitrogens is 1. The first kappa shape index (κ1) is 14.4. The maximum atomic E-state index is 9.58. The van der Waals surface area contributed by atoms with Crippen LogP contribution >= 0.6 is 0 Å². The summed E-state index contributed by atoms with van der Waals surface area (Å²) in [5, 5.41) is 10.6. The molecule has 1 heterocycles. The zero-order valence-corrected chi connectivity index (χ0v) is 12.6. The van der Waals surface area contributed by atoms with E-state index in [0.717, 1.165) is 47.8 Å². The van der Waals surface area contributed by atoms with Gasteiger partial charge in [-0.15, -0.1) is 0 Å². The molecule has 0 spiro atoms. The normalized spacial score (nSPS) is 11.8. The highest BCUT2D eigenvalue weighted by Crippen LogP contribution is 2.32. The quantitative estimate of drug-likeness (QED) is 0.745. The Labute approximate surface area is 121 Å². The fraction of sp³-hybridized carbons (Fsp3) is 0.389. The molecule has 0 radical (unpaired) electrons. The molecular weight excluding hydrogens is 244 g/mol. The topological polar surface area (TPSA) is 28.7 Å². The van der Waals surface area contributed by atoms with Gasteiger partial charge >= 0.3 is 0 Å². The number of unbranched alkanes of at least 4 members (excludes halogenated alkanes) is 1. The van der Waals surface area contributed by atoms with Crippen LogP contribution in [0.25, 0.3) is 16.5 Å². The lowest BCUT2D eigenvalue weighted by Gasteiger charge is -2.09. The lowest BCUT2D eigenvalue weighted by molar-refractivity contribution is 0.892. The van der Waals surface area contributed by atoms with Crippen molar-refractivity contribution in [1.29, 1.82) is 5.26 Å². The second-order valence-corrected chi connectivity index (χ2v) is 5.18. The summed E-state index contributed by atoms with van der Waals surface area (Å²) in [6.45, 7) is 4.38. The van der Waals surface area contributed by atoms with Crippen LogP contribution in [0.2, 0.25) is 0 Å². The molecule has 0 aliphatic rings. The fourth-order valence-corrected chi connectivity index (χ4v) is 2.79. The van der Waals surface area contributed by atoms with Crippen molar-refractivity contribution in [3.63, 3.8) is 0 Å². The molecule has 0 saturated heterocycles. The van der Waals surface area contributed by atoms with Crippen LogP contribution in [0.1, 0.15) is 50.8 Å². The Hall–Kier alpha value is -2.01. The van der Waals surface area contributed by atoms with E-state index >= 15 is 0 Å². The van der Waals surface area contributed by atoms with E-state index in [-0.39, 0.29) is 0 Å². The van der Waals surface area contributed by atoms with Crippen molar-refractivity contribution in [2.45, 2.75) is 39.5 Å². The average Bonchev–Trinajstić information content (AvgIpc) is 2.76. The number of fused-ring (bicyclic) bond motifs is 1. The Kier molecular flexibility index (Phi) is 4.63. The molecule has 0 unspecified atom stereocenters. The highest BCUT2D eigenvalue weighted by Gasteiger charge is 2.17. The molecule has 2 rings (SSSR count). The summed E-state index contributed by atoms with van der Waals surface area (Å²) >= 11 is 0. The lowest BCUT2D eigenvalue weighted by Crippen LogP contribution is -1.98. The highest BCUT2D eigenvalue weighted by molar-refractivity contribution is 5.92. The number of hydrogen-bond donors (Lipinski definition) is 0. The minimum absolute atomic E-state index is 0.818. The third-order valence-corrected chi connectivity index (χ3v) is 3.72. The van der Waals surface area contributed by atoms with Crippen molar-refractivity contribution in [2.24, 2.45) is 7.05 Å². The van der Waals surface area contributed by atoms with Crippen molar-refractivity contribution in [2.75, 3.05) is 0 Å². The molecular formula is C18H22N2. The van der Waals surface area contributed by atoms with Gasteiger partial charge in [0, 0.05) is 18.0 Å². The zero-order chi connectivity index (χ0) is 14.5. The van der Waals surface area contributed by atoms with Gasteiger partial charge in [0.05, 0.1) is 11.3 Å². The molecule has 0 saturated carbocycles. The van der Waals surface area contributed by atoms with Gasteiger partial charge in [0.15, 0.2) is 0 Å². The van der Waals surface area contributed by atoms with Crippen LogP contribution in [0.4, 0.5) is 0 Å². The van der Waals surface area contributed by atoms with Gasteiger partial charge in [-0.05, 0) is 24.5 Å². The van der Waals surface area contributed by atoms with E-state index in [2.05, 4.69) is 43.7 Å². The molecule has 2 aromatic rings. The largest absolute Gasteiger partial charge is 0.343 e. The monoisotopic (exact) mass is 266 g/mol. The van der Waals surface area contributed by atoms with Crippen molar-refractivity contribution in [3.8, 4) is 6.07 Å². The zero-order valence-electron chi connectivity index (χ0n) is 12.6. The Balaban J connectivity index is 2.68. The molecule has 0 aliphatic carbocycles. The molecule has 104 valence electrons. The molecule has 0 aliphatic heterocycles. The number of hydrogen-bond acceptors (Lipinski definition) is 1. The van der Waals surface area contributed by atoms with Crippen LogP contribution in [-0.4, -0.2) is 4.57 Å². The molecule has 20 heavy (non-hydrogen) atoms. The standard InChI is InChI=1S/C18H22N2/c1-4-6-10-14(9-5-2)18-16(13-19)15-11-7-8-12-17(15)20(18)3/h7-8,10-12H,4-6,9H2,1-3H3/b14-10-. The average molecular weight is 266 g/mol. The van der Waals surface area contributed by atoms with Crippen molar-refractivity contribution >= 4 is 16.5 Å². The van der Waals surface area contributed by atoms with Gasteiger partial charge < -0.3 is 4.57 Å². The molecule has 2 nitrogen and oxygen atoms in total. The summed E-state index contributed by atoms with van der Waals surface area (Å²) in [6, 6.07) is 10.6. The van der Waals surface area contributed by atoms with Crippen molar-refractivity contribution in [3.05, 3.63) is 41.6 Å². The first-order valence-corrected chi connectivity index (χ1v) is 7.41. The number of rotatable bonds is 5. The summed E-state index contributed by atoms with van der Waals surface area (Å²) in [6.07, 6.45) is 6.64. The van der Waals surface area contributed by atoms with Crippen LogP contribution in [0, 0.1) is 11.3 Å². The van der Waals surface area contributed by atoms with E-state index in [1.165, 1.54) is 5.57 Å². The van der Waals surface area contributed by atoms with Gasteiger partial charge in [-0.1, -0.05) is 51.0 Å². The van der Waals surface area contributed by atoms with Gasteiger partial charge in [0.2, 0.25) is 0 Å². The van der Waals surface area contributed by atoms with Crippen molar-refractivity contribution in [1.82, 2.24) is 4.57 Å². The predicted octanol–water partition coefficient (Wildman–Crippen LogP) is 5.03. The predicted molar refractivity (Wildman–Crippen MR) is 85.4 cm³/mol. The Bertz CT molecular complexity index is 669. The van der Waals surface area contributed by atoms with Crippen LogP contribution in [0.5, 0.6) is 0 Å². The molecule has 1 aromatic heterocycles. The Morgan fingerprint density at radius 1 is 1.25 bits per heavy atom. The van der Waals surface area contributed by atoms with Gasteiger partial charge in [0.25, 0.3) is 0 Å². The molecule has 0 bridgehead atoms. The third-order valence-electron chi connectivity index (χ3n) is 3.72. The number of nitriles is 1. The first-order valence-electron chi connectivity index (χ1n) is 7.41. The van der Waals surface area contributed by atoms with E-state index in [1.807, 2.05) is 18.2 Å². The second kappa shape index (κ2) is 6.43. The maximum Gasteiger partial charge on any atom is 0.102 e. The van der Waals surface area contributed by atoms with Crippen molar-refractivity contribution < 1.29 is 0 Å². The van der Waals surface area contributed by atoms with Crippen LogP contribution in [0.15, 0.2) is 30.3 Å². The highest BCUT2D eigenvalue weighted by atomic mass is 15.0. The summed E-state index contributed by atoms with van der Waals surface area (Å²) in [4.78, 5) is 0. The van der Waals surface area contributed by atoms with E-state index < -0.39 is 0 Å². The number of nitrogens with zero attached hydrogens (tertiary/aromatic N) is 2. The lowest BCUT2D eigenvalue weighted by atomic mass is 10.0. The molecule has 0 N–H and O–H groups in total. The molecule has 2 heteroatoms.